The number of H-pyrrole nitrogens is 1. The molecule has 0 bridgehead atoms. The summed E-state index contributed by atoms with van der Waals surface area (Å²) in [5.74, 6) is -0.264. The van der Waals surface area contributed by atoms with E-state index < -0.39 is 39.3 Å². The molecular weight excluding hydrogens is 1980 g/mol. The molecule has 0 saturated carbocycles. The van der Waals surface area contributed by atoms with Gasteiger partial charge in [0.1, 0.15) is 71.2 Å². The van der Waals surface area contributed by atoms with Gasteiger partial charge in [-0.05, 0) is 122 Å². The summed E-state index contributed by atoms with van der Waals surface area (Å²) in [6.45, 7) is 24.1. The standard InChI is InChI=1S/C15H15N5O2.C15H14N4O3.C15H14N4O2S.C14H17N3O3S.2C13H15N3O3S.C12H13N3O3S/c21-14(15-12-3-1-2-4-13(12)17-18-15)6-5-10-7-20(19-16-10)8-11-9-22-11;2*20-15(13-9-22-14-4-2-1-3-12(13)14)16-5-10-6-19(18-17-10)7-11-8-21-11;1-10-4-6-11(7-5-10)21(18,19)13-9-17(16-15-13)8-12-14(2,3)20-12;1-10-3-5-11(6-4-10)20(17,18)12-7-16(15-14-12)8-13(2)9-19-13;1-9-3-5-11(6-4-9)20(17,18)13-8-16(15-14-13)7-12-10(2)19-12;1-9-2-4-11(5-3-9)19(16,17)12-7-15(14-13-12)6-10-8-18-10/h1-4,7,11H,5-6,8-9H2,(H,17,18);2*1-4,6,9,11H,5,7-8H2,(H,16,20);4-7,9,12H,8H2,1-3H3;3-7H,8-9H2,1-2H3;3-6,8,10,12H,7H2,1-2H3;2-5,7,10H,6,8H2,1H3. The van der Waals surface area contributed by atoms with Crippen molar-refractivity contribution in [2.24, 2.45) is 0 Å². The van der Waals surface area contributed by atoms with Gasteiger partial charge in [0.05, 0.1) is 183 Å². The number of benzene rings is 7. The molecule has 146 heavy (non-hydrogen) atoms. The Hall–Kier alpha value is -14.4. The number of hydrogen-bond acceptors (Lipinski definition) is 35. The van der Waals surface area contributed by atoms with Gasteiger partial charge in [-0.25, -0.2) is 66.4 Å². The highest BCUT2D eigenvalue weighted by atomic mass is 32.2. The van der Waals surface area contributed by atoms with Crippen molar-refractivity contribution in [1.82, 2.24) is 126 Å². The van der Waals surface area contributed by atoms with Crippen LogP contribution in [0.1, 0.15) is 105 Å². The predicted molar refractivity (Wildman–Crippen MR) is 522 cm³/mol. The van der Waals surface area contributed by atoms with Crippen molar-refractivity contribution in [3.8, 4) is 0 Å². The molecule has 3 N–H and O–H groups in total. The molecule has 760 valence electrons. The number of Topliss-reactive ketones (excluding diaryl/α,β-unsaturated/α-hetero) is 1. The van der Waals surface area contributed by atoms with Gasteiger partial charge in [0.15, 0.2) is 5.78 Å². The number of hydrogen-bond donors (Lipinski definition) is 3. The molecular formula is C97H103N25O19S5. The Morgan fingerprint density at radius 3 is 1.23 bits per heavy atom. The van der Waals surface area contributed by atoms with Crippen molar-refractivity contribution in [1.29, 1.82) is 0 Å². The SMILES string of the molecule is Cc1ccc(S(=O)(=O)c2cn(CC3(C)CO3)nn2)cc1.Cc1ccc(S(=O)(=O)c2cn(CC3CO3)nn2)cc1.Cc1ccc(S(=O)(=O)c2cn(CC3OC3(C)C)nn2)cc1.Cc1ccc(S(=O)(=O)c2cn(CC3OC3C)nn2)cc1.O=C(CCc1cn(CC2CO2)nn1)c1n[nH]c2ccccc12.O=C(NCc1cn(CC2CO2)nn1)c1coc2ccccc12.O=C(NCc1cn(CC2CO2)nn1)c1csc2ccccc12. The van der Waals surface area contributed by atoms with Gasteiger partial charge in [0, 0.05) is 45.3 Å². The Morgan fingerprint density at radius 1 is 0.438 bits per heavy atom. The predicted octanol–water partition coefficient (Wildman–Crippen LogP) is 9.37. The summed E-state index contributed by atoms with van der Waals surface area (Å²) < 4.78 is 153. The third-order valence-corrected chi connectivity index (χ3v) is 31.4. The maximum absolute atomic E-state index is 12.4. The zero-order valence-corrected chi connectivity index (χ0v) is 84.4. The number of ether oxygens (including phenoxy) is 7. The molecule has 0 spiro atoms. The topological polar surface area (TPSA) is 556 Å². The Labute approximate surface area is 841 Å². The molecule has 7 aliphatic heterocycles. The normalized spacial score (nSPS) is 19.0. The molecule has 17 heterocycles. The van der Waals surface area contributed by atoms with Gasteiger partial charge in [-0.3, -0.25) is 19.5 Å². The van der Waals surface area contributed by atoms with E-state index in [1.165, 1.54) is 49.8 Å². The average Bonchev–Trinajstić information content (AvgIpc) is 1.61. The fraction of sp³-hybridized carbons (Fsp3) is 0.340. The Bertz CT molecular complexity index is 7650. The molecule has 7 fully saturated rings. The average molecular weight is 2080 g/mol. The summed E-state index contributed by atoms with van der Waals surface area (Å²) in [5, 5.41) is 71.8. The molecule has 7 aromatic carbocycles. The second-order valence-electron chi connectivity index (χ2n) is 36.5. The summed E-state index contributed by atoms with van der Waals surface area (Å²) in [6, 6.07) is 49.7. The lowest BCUT2D eigenvalue weighted by molar-refractivity contribution is 0.0943. The number of aromatic amines is 1. The van der Waals surface area contributed by atoms with E-state index in [9.17, 15) is 48.1 Å². The molecule has 24 rings (SSSR count). The van der Waals surface area contributed by atoms with E-state index in [1.54, 1.807) is 122 Å². The van der Waals surface area contributed by atoms with Crippen LogP contribution >= 0.6 is 11.3 Å². The first kappa shape index (κ1) is 102. The van der Waals surface area contributed by atoms with Crippen LogP contribution in [0.2, 0.25) is 0 Å². The third-order valence-electron chi connectivity index (χ3n) is 23.9. The van der Waals surface area contributed by atoms with Gasteiger partial charge in [-0.2, -0.15) is 5.10 Å². The third kappa shape index (κ3) is 26.5. The van der Waals surface area contributed by atoms with Crippen LogP contribution in [-0.2, 0) is 138 Å². The minimum absolute atomic E-state index is 0.0116. The Kier molecular flexibility index (Phi) is 30.3. The van der Waals surface area contributed by atoms with Crippen molar-refractivity contribution >= 4 is 100 Å². The molecule has 8 atom stereocenters. The van der Waals surface area contributed by atoms with Gasteiger partial charge >= 0.3 is 0 Å². The number of rotatable bonds is 32. The summed E-state index contributed by atoms with van der Waals surface area (Å²) in [5.41, 5.74) is 9.19. The number of sulfone groups is 4. The number of thiophene rings is 1. The highest BCUT2D eigenvalue weighted by molar-refractivity contribution is 7.92. The molecule has 8 unspecified atom stereocenters. The number of carbonyl (C=O) groups excluding carboxylic acids is 3. The summed E-state index contributed by atoms with van der Waals surface area (Å²) in [7, 11) is -14.4. The van der Waals surface area contributed by atoms with Crippen molar-refractivity contribution in [2.75, 3.05) is 33.0 Å². The van der Waals surface area contributed by atoms with Crippen LogP contribution < -0.4 is 10.6 Å². The highest BCUT2D eigenvalue weighted by Crippen LogP contribution is 2.37. The maximum atomic E-state index is 12.4. The van der Waals surface area contributed by atoms with Gasteiger partial charge in [-0.1, -0.05) is 162 Å². The van der Waals surface area contributed by atoms with Gasteiger partial charge in [-0.15, -0.1) is 47.0 Å². The summed E-state index contributed by atoms with van der Waals surface area (Å²) >= 11 is 1.58. The number of aromatic nitrogens is 23. The van der Waals surface area contributed by atoms with Gasteiger partial charge in [0.2, 0.25) is 59.5 Å². The van der Waals surface area contributed by atoms with E-state index in [2.05, 4.69) is 93.0 Å². The zero-order chi connectivity index (χ0) is 102. The number of furan rings is 1. The van der Waals surface area contributed by atoms with Crippen LogP contribution in [0.25, 0.3) is 32.0 Å². The smallest absolute Gasteiger partial charge is 0.255 e. The molecule has 7 saturated heterocycles. The number of fused-ring (bicyclic) bond motifs is 3. The van der Waals surface area contributed by atoms with Crippen LogP contribution in [0.4, 0.5) is 0 Å². The first-order valence-electron chi connectivity index (χ1n) is 46.5. The molecule has 17 aromatic rings. The van der Waals surface area contributed by atoms with E-state index in [-0.39, 0.29) is 111 Å². The van der Waals surface area contributed by atoms with E-state index in [1.807, 2.05) is 152 Å². The number of nitrogens with zero attached hydrogens (tertiary/aromatic N) is 22. The number of epoxide rings is 7. The lowest BCUT2D eigenvalue weighted by atomic mass is 10.1. The molecule has 0 radical (unpaired) electrons. The molecule has 49 heteroatoms. The van der Waals surface area contributed by atoms with E-state index in [0.29, 0.717) is 100.0 Å². The fourth-order valence-electron chi connectivity index (χ4n) is 14.7. The van der Waals surface area contributed by atoms with E-state index >= 15 is 0 Å². The minimum atomic E-state index is -3.61. The van der Waals surface area contributed by atoms with Crippen LogP contribution in [0.5, 0.6) is 0 Å². The van der Waals surface area contributed by atoms with E-state index in [0.717, 1.165) is 92.9 Å². The van der Waals surface area contributed by atoms with Crippen LogP contribution in [0, 0.1) is 27.7 Å². The van der Waals surface area contributed by atoms with Crippen molar-refractivity contribution in [3.05, 3.63) is 281 Å². The number of nitrogens with one attached hydrogen (secondary N) is 3. The molecule has 2 amide bonds. The Balaban J connectivity index is 0.000000112. The van der Waals surface area contributed by atoms with Crippen molar-refractivity contribution in [2.45, 2.75) is 221 Å². The van der Waals surface area contributed by atoms with Gasteiger partial charge in [0.25, 0.3) is 11.8 Å². The number of para-hydroxylation sites is 2. The highest BCUT2D eigenvalue weighted by Gasteiger charge is 2.48. The maximum Gasteiger partial charge on any atom is 0.255 e. The summed E-state index contributed by atoms with van der Waals surface area (Å²) in [4.78, 5) is 37.8. The van der Waals surface area contributed by atoms with Crippen molar-refractivity contribution in [3.63, 3.8) is 0 Å². The van der Waals surface area contributed by atoms with Gasteiger partial charge < -0.3 is 48.2 Å². The first-order chi connectivity index (χ1) is 70.1. The van der Waals surface area contributed by atoms with E-state index in [4.69, 9.17) is 37.6 Å². The van der Waals surface area contributed by atoms with Crippen LogP contribution in [0.15, 0.2) is 269 Å². The lowest BCUT2D eigenvalue weighted by Gasteiger charge is -2.03. The Morgan fingerprint density at radius 2 is 0.801 bits per heavy atom. The number of carbonyl (C=O) groups is 3. The van der Waals surface area contributed by atoms with Crippen LogP contribution in [0.3, 0.4) is 0 Å². The largest absolute Gasteiger partial charge is 0.463 e. The quantitative estimate of drug-likeness (QED) is 0.0261. The number of amides is 2. The molecule has 10 aromatic heterocycles. The first-order valence-corrected chi connectivity index (χ1v) is 53.3. The summed E-state index contributed by atoms with van der Waals surface area (Å²) in [6.07, 6.45) is 15.0. The second kappa shape index (κ2) is 43.5. The monoisotopic (exact) mass is 2080 g/mol. The molecule has 44 nitrogen and oxygen atoms in total. The van der Waals surface area contributed by atoms with Crippen molar-refractivity contribution < 1.29 is 85.6 Å². The molecule has 7 aliphatic rings. The molecule has 0 aliphatic carbocycles. The van der Waals surface area contributed by atoms with Crippen LogP contribution in [-0.4, -0.2) is 253 Å². The lowest BCUT2D eigenvalue weighted by Crippen LogP contribution is -2.22. The minimum Gasteiger partial charge on any atom is -0.463 e. The zero-order valence-electron chi connectivity index (χ0n) is 80.4. The number of aryl methyl sites for hydroxylation is 5. The fourth-order valence-corrected chi connectivity index (χ4v) is 20.2. The number of ketones is 1. The second-order valence-corrected chi connectivity index (χ2v) is 45.0.